The van der Waals surface area contributed by atoms with E-state index in [9.17, 15) is 19.1 Å². The van der Waals surface area contributed by atoms with E-state index in [-0.39, 0.29) is 34.0 Å². The molecule has 1 unspecified atom stereocenters. The number of halogens is 2. The van der Waals surface area contributed by atoms with Gasteiger partial charge in [-0.15, -0.1) is 0 Å². The lowest BCUT2D eigenvalue weighted by molar-refractivity contribution is -0.140. The topological polar surface area (TPSA) is 79.3 Å². The SMILES string of the molecule is COc1cc(OC)c(/C(O)=C2\C(=O)C(=O)N(CCCN(C)C)C2c2ccccc2F)cc1Cl. The number of nitrogens with zero attached hydrogens (tertiary/aromatic N) is 2. The number of hydrogen-bond donors (Lipinski definition) is 1. The Labute approximate surface area is 197 Å². The van der Waals surface area contributed by atoms with Gasteiger partial charge in [0.25, 0.3) is 11.7 Å². The first kappa shape index (κ1) is 24.5. The third-order valence-electron chi connectivity index (χ3n) is 5.47. The van der Waals surface area contributed by atoms with Crippen LogP contribution in [0.5, 0.6) is 11.5 Å². The van der Waals surface area contributed by atoms with Crippen molar-refractivity contribution in [3.63, 3.8) is 0 Å². The molecule has 33 heavy (non-hydrogen) atoms. The maximum atomic E-state index is 14.8. The number of hydrogen-bond acceptors (Lipinski definition) is 6. The number of amides is 1. The number of carbonyl (C=O) groups excluding carboxylic acids is 2. The van der Waals surface area contributed by atoms with E-state index < -0.39 is 29.3 Å². The Morgan fingerprint density at radius 1 is 1.15 bits per heavy atom. The number of rotatable bonds is 8. The summed E-state index contributed by atoms with van der Waals surface area (Å²) in [6.07, 6.45) is 0.558. The molecule has 0 spiro atoms. The van der Waals surface area contributed by atoms with E-state index >= 15 is 0 Å². The van der Waals surface area contributed by atoms with Gasteiger partial charge in [-0.05, 0) is 39.2 Å². The Morgan fingerprint density at radius 2 is 1.82 bits per heavy atom. The number of aliphatic hydroxyl groups excluding tert-OH is 1. The van der Waals surface area contributed by atoms with Crippen LogP contribution in [0.2, 0.25) is 5.02 Å². The molecule has 0 bridgehead atoms. The molecule has 3 rings (SSSR count). The third kappa shape index (κ3) is 4.82. The highest BCUT2D eigenvalue weighted by atomic mass is 35.5. The number of ketones is 1. The smallest absolute Gasteiger partial charge is 0.295 e. The maximum absolute atomic E-state index is 14.8. The summed E-state index contributed by atoms with van der Waals surface area (Å²) in [5.74, 6) is -2.31. The van der Waals surface area contributed by atoms with Crippen LogP contribution in [-0.2, 0) is 9.59 Å². The van der Waals surface area contributed by atoms with Gasteiger partial charge in [0.2, 0.25) is 0 Å². The largest absolute Gasteiger partial charge is 0.507 e. The molecule has 1 saturated heterocycles. The average molecular weight is 477 g/mol. The number of ether oxygens (including phenoxy) is 2. The van der Waals surface area contributed by atoms with E-state index in [1.54, 1.807) is 6.07 Å². The molecular weight excluding hydrogens is 451 g/mol. The molecular formula is C24H26ClFN2O5. The van der Waals surface area contributed by atoms with Crippen LogP contribution in [0.3, 0.4) is 0 Å². The summed E-state index contributed by atoms with van der Waals surface area (Å²) in [5.41, 5.74) is -0.0212. The van der Waals surface area contributed by atoms with Gasteiger partial charge >= 0.3 is 0 Å². The zero-order valence-electron chi connectivity index (χ0n) is 18.9. The molecule has 1 aliphatic rings. The zero-order valence-corrected chi connectivity index (χ0v) is 19.6. The van der Waals surface area contributed by atoms with Crippen molar-refractivity contribution < 1.29 is 28.6 Å². The fourth-order valence-corrected chi connectivity index (χ4v) is 4.12. The Hall–Kier alpha value is -3.10. The van der Waals surface area contributed by atoms with Crippen molar-refractivity contribution in [1.29, 1.82) is 0 Å². The van der Waals surface area contributed by atoms with Gasteiger partial charge in [0.15, 0.2) is 0 Å². The zero-order chi connectivity index (χ0) is 24.3. The molecule has 0 aliphatic carbocycles. The van der Waals surface area contributed by atoms with Gasteiger partial charge in [0, 0.05) is 18.2 Å². The summed E-state index contributed by atoms with van der Waals surface area (Å²) in [5, 5.41) is 11.4. The van der Waals surface area contributed by atoms with Crippen molar-refractivity contribution >= 4 is 29.1 Å². The van der Waals surface area contributed by atoms with Crippen LogP contribution in [0.1, 0.15) is 23.6 Å². The highest BCUT2D eigenvalue weighted by Gasteiger charge is 2.47. The van der Waals surface area contributed by atoms with Gasteiger partial charge in [0.05, 0.1) is 36.4 Å². The molecule has 7 nitrogen and oxygen atoms in total. The fourth-order valence-electron chi connectivity index (χ4n) is 3.88. The minimum atomic E-state index is -1.10. The number of aliphatic hydroxyl groups is 1. The minimum absolute atomic E-state index is 0.0935. The highest BCUT2D eigenvalue weighted by Crippen LogP contribution is 2.43. The second-order valence-electron chi connectivity index (χ2n) is 7.86. The van der Waals surface area contributed by atoms with Gasteiger partial charge in [-0.25, -0.2) is 4.39 Å². The lowest BCUT2D eigenvalue weighted by atomic mass is 9.94. The van der Waals surface area contributed by atoms with Crippen LogP contribution in [0.25, 0.3) is 5.76 Å². The second-order valence-corrected chi connectivity index (χ2v) is 8.27. The van der Waals surface area contributed by atoms with Gasteiger partial charge in [0.1, 0.15) is 23.1 Å². The number of likely N-dealkylation sites (tertiary alicyclic amines) is 1. The standard InChI is InChI=1S/C24H26ClFN2O5/c1-27(2)10-7-11-28-21(14-8-5-6-9-17(14)26)20(23(30)24(28)31)22(29)15-12-16(25)19(33-4)13-18(15)32-3/h5-6,8-9,12-13,21,29H,7,10-11H2,1-4H3/b22-20+. The molecule has 0 radical (unpaired) electrons. The Balaban J connectivity index is 2.20. The molecule has 176 valence electrons. The summed E-state index contributed by atoms with van der Waals surface area (Å²) in [6.45, 7) is 0.869. The minimum Gasteiger partial charge on any atom is -0.507 e. The molecule has 1 fully saturated rings. The van der Waals surface area contributed by atoms with Crippen molar-refractivity contribution in [3.8, 4) is 11.5 Å². The number of benzene rings is 2. The van der Waals surface area contributed by atoms with Crippen molar-refractivity contribution in [3.05, 3.63) is 63.9 Å². The maximum Gasteiger partial charge on any atom is 0.295 e. The summed E-state index contributed by atoms with van der Waals surface area (Å²) in [6, 6.07) is 7.62. The third-order valence-corrected chi connectivity index (χ3v) is 5.77. The first-order valence-electron chi connectivity index (χ1n) is 10.3. The quantitative estimate of drug-likeness (QED) is 0.354. The average Bonchev–Trinajstić information content (AvgIpc) is 3.03. The Kier molecular flexibility index (Phi) is 7.61. The fraction of sp³-hybridized carbons (Fsp3) is 0.333. The molecule has 1 atom stereocenters. The summed E-state index contributed by atoms with van der Waals surface area (Å²) >= 11 is 6.24. The second kappa shape index (κ2) is 10.2. The molecule has 2 aromatic carbocycles. The normalized spacial score (nSPS) is 17.7. The monoisotopic (exact) mass is 476 g/mol. The number of methoxy groups -OCH3 is 2. The lowest BCUT2D eigenvalue weighted by Gasteiger charge is -2.26. The molecule has 0 saturated carbocycles. The van der Waals surface area contributed by atoms with Crippen molar-refractivity contribution in [2.45, 2.75) is 12.5 Å². The van der Waals surface area contributed by atoms with Crippen LogP contribution >= 0.6 is 11.6 Å². The van der Waals surface area contributed by atoms with Crippen LogP contribution < -0.4 is 9.47 Å². The highest BCUT2D eigenvalue weighted by molar-refractivity contribution is 6.46. The van der Waals surface area contributed by atoms with E-state index in [0.29, 0.717) is 18.7 Å². The molecule has 0 aromatic heterocycles. The molecule has 1 amide bonds. The summed E-state index contributed by atoms with van der Waals surface area (Å²) in [4.78, 5) is 29.3. The number of Topliss-reactive ketones (excluding diaryl/α,β-unsaturated/α-hetero) is 1. The molecule has 1 N–H and O–H groups in total. The molecule has 1 heterocycles. The van der Waals surface area contributed by atoms with Gasteiger partial charge in [-0.1, -0.05) is 29.8 Å². The predicted octanol–water partition coefficient (Wildman–Crippen LogP) is 3.87. The van der Waals surface area contributed by atoms with Crippen molar-refractivity contribution in [2.75, 3.05) is 41.4 Å². The summed E-state index contributed by atoms with van der Waals surface area (Å²) in [7, 11) is 6.59. The van der Waals surface area contributed by atoms with Crippen LogP contribution in [0.4, 0.5) is 4.39 Å². The summed E-state index contributed by atoms with van der Waals surface area (Å²) < 4.78 is 25.4. The van der Waals surface area contributed by atoms with Gasteiger partial charge in [-0.2, -0.15) is 0 Å². The van der Waals surface area contributed by atoms with Gasteiger partial charge in [-0.3, -0.25) is 9.59 Å². The molecule has 1 aliphatic heterocycles. The first-order valence-corrected chi connectivity index (χ1v) is 10.7. The predicted molar refractivity (Wildman–Crippen MR) is 123 cm³/mol. The Morgan fingerprint density at radius 3 is 2.42 bits per heavy atom. The lowest BCUT2D eigenvalue weighted by Crippen LogP contribution is -2.32. The van der Waals surface area contributed by atoms with E-state index in [1.807, 2.05) is 19.0 Å². The van der Waals surface area contributed by atoms with Gasteiger partial charge < -0.3 is 24.4 Å². The van der Waals surface area contributed by atoms with E-state index in [0.717, 1.165) is 0 Å². The molecule has 9 heteroatoms. The van der Waals surface area contributed by atoms with Crippen molar-refractivity contribution in [1.82, 2.24) is 9.80 Å². The number of carbonyl (C=O) groups is 2. The Bertz CT molecular complexity index is 1100. The van der Waals surface area contributed by atoms with Crippen LogP contribution in [0, 0.1) is 5.82 Å². The van der Waals surface area contributed by atoms with Crippen molar-refractivity contribution in [2.24, 2.45) is 0 Å². The van der Waals surface area contributed by atoms with Crippen LogP contribution in [-0.4, -0.2) is 68.0 Å². The molecule has 2 aromatic rings. The van der Waals surface area contributed by atoms with Crippen LogP contribution in [0.15, 0.2) is 42.0 Å². The van der Waals surface area contributed by atoms with E-state index in [1.165, 1.54) is 49.5 Å². The van der Waals surface area contributed by atoms with E-state index in [4.69, 9.17) is 21.1 Å². The van der Waals surface area contributed by atoms with E-state index in [2.05, 4.69) is 0 Å². The first-order chi connectivity index (χ1) is 15.7.